The van der Waals surface area contributed by atoms with Crippen molar-refractivity contribution in [3.63, 3.8) is 0 Å². The summed E-state index contributed by atoms with van der Waals surface area (Å²) in [6.07, 6.45) is 0. The lowest BCUT2D eigenvalue weighted by atomic mass is 9.69. The van der Waals surface area contributed by atoms with Gasteiger partial charge in [0.1, 0.15) is 22.9 Å². The summed E-state index contributed by atoms with van der Waals surface area (Å²) >= 11 is 0. The number of rotatable bonds is 1. The van der Waals surface area contributed by atoms with Gasteiger partial charge in [0, 0.05) is 11.3 Å². The van der Waals surface area contributed by atoms with Gasteiger partial charge in [-0.2, -0.15) is 10.4 Å². The Kier molecular flexibility index (Phi) is 3.34. The van der Waals surface area contributed by atoms with Crippen molar-refractivity contribution in [2.75, 3.05) is 5.32 Å². The van der Waals surface area contributed by atoms with Gasteiger partial charge in [0.15, 0.2) is 0 Å². The number of aromatic nitrogens is 2. The molecule has 0 radical (unpaired) electrons. The van der Waals surface area contributed by atoms with Crippen LogP contribution in [0.1, 0.15) is 16.8 Å². The maximum atomic E-state index is 14.2. The first-order chi connectivity index (χ1) is 14.0. The molecule has 0 bridgehead atoms. The predicted molar refractivity (Wildman–Crippen MR) is 102 cm³/mol. The second-order valence-corrected chi connectivity index (χ2v) is 6.86. The van der Waals surface area contributed by atoms with Gasteiger partial charge in [0.25, 0.3) is 0 Å². The smallest absolute Gasteiger partial charge is 0.245 e. The predicted octanol–water partition coefficient (Wildman–Crippen LogP) is 2.64. The average molecular weight is 387 g/mol. The zero-order valence-electron chi connectivity index (χ0n) is 15.2. The summed E-state index contributed by atoms with van der Waals surface area (Å²) in [6, 6.07) is 15.1. The van der Waals surface area contributed by atoms with E-state index in [1.807, 2.05) is 36.4 Å². The van der Waals surface area contributed by atoms with Gasteiger partial charge < -0.3 is 15.8 Å². The van der Waals surface area contributed by atoms with Crippen LogP contribution in [0.25, 0.3) is 5.69 Å². The van der Waals surface area contributed by atoms with Crippen LogP contribution in [0.5, 0.6) is 5.88 Å². The van der Waals surface area contributed by atoms with E-state index in [1.54, 1.807) is 6.92 Å². The molecule has 142 valence electrons. The number of ether oxygens (including phenoxy) is 1. The highest BCUT2D eigenvalue weighted by Crippen LogP contribution is 2.54. The first kappa shape index (κ1) is 17.0. The number of nitrogens with one attached hydrogen (secondary N) is 1. The molecule has 29 heavy (non-hydrogen) atoms. The summed E-state index contributed by atoms with van der Waals surface area (Å²) in [7, 11) is 0. The van der Waals surface area contributed by atoms with Gasteiger partial charge in [-0.15, -0.1) is 0 Å². The molecule has 0 saturated carbocycles. The number of hydrogen-bond donors (Lipinski definition) is 2. The van der Waals surface area contributed by atoms with E-state index in [2.05, 4.69) is 10.4 Å². The van der Waals surface area contributed by atoms with E-state index in [0.717, 1.165) is 0 Å². The van der Waals surface area contributed by atoms with Crippen molar-refractivity contribution in [1.82, 2.24) is 9.78 Å². The third kappa shape index (κ3) is 2.04. The molecular formula is C21H14FN5O2. The summed E-state index contributed by atoms with van der Waals surface area (Å²) in [5, 5.41) is 17.2. The van der Waals surface area contributed by atoms with Crippen LogP contribution < -0.4 is 15.8 Å². The first-order valence-electron chi connectivity index (χ1n) is 8.83. The Morgan fingerprint density at radius 3 is 2.76 bits per heavy atom. The minimum atomic E-state index is -1.64. The van der Waals surface area contributed by atoms with E-state index in [1.165, 1.54) is 22.9 Å². The van der Waals surface area contributed by atoms with Crippen LogP contribution in [-0.4, -0.2) is 15.7 Å². The highest BCUT2D eigenvalue weighted by Gasteiger charge is 2.58. The third-order valence-electron chi connectivity index (χ3n) is 5.31. The zero-order valence-corrected chi connectivity index (χ0v) is 15.2. The normalized spacial score (nSPS) is 19.4. The largest absolute Gasteiger partial charge is 0.422 e. The third-order valence-corrected chi connectivity index (χ3v) is 5.31. The molecule has 1 amide bonds. The second kappa shape index (κ2) is 5.69. The molecule has 7 nitrogen and oxygen atoms in total. The Labute approximate surface area is 164 Å². The number of anilines is 1. The number of aryl methyl sites for hydroxylation is 1. The molecule has 0 aliphatic carbocycles. The monoisotopic (exact) mass is 387 g/mol. The molecule has 1 aromatic heterocycles. The Bertz CT molecular complexity index is 1270. The van der Waals surface area contributed by atoms with Crippen LogP contribution in [-0.2, 0) is 10.2 Å². The molecule has 5 rings (SSSR count). The van der Waals surface area contributed by atoms with Crippen LogP contribution >= 0.6 is 0 Å². The highest BCUT2D eigenvalue weighted by atomic mass is 19.1. The van der Waals surface area contributed by atoms with Crippen LogP contribution in [0.15, 0.2) is 60.0 Å². The lowest BCUT2D eigenvalue weighted by Crippen LogP contribution is -2.42. The van der Waals surface area contributed by atoms with E-state index in [0.29, 0.717) is 28.2 Å². The maximum Gasteiger partial charge on any atom is 0.245 e. The summed E-state index contributed by atoms with van der Waals surface area (Å²) in [4.78, 5) is 13.3. The summed E-state index contributed by atoms with van der Waals surface area (Å²) in [5.74, 6) is -1.03. The average Bonchev–Trinajstić information content (AvgIpc) is 3.18. The molecule has 3 heterocycles. The quantitative estimate of drug-likeness (QED) is 0.668. The van der Waals surface area contributed by atoms with Crippen LogP contribution in [0.3, 0.4) is 0 Å². The van der Waals surface area contributed by atoms with Gasteiger partial charge in [-0.05, 0) is 37.3 Å². The van der Waals surface area contributed by atoms with Crippen molar-refractivity contribution in [2.45, 2.75) is 12.3 Å². The lowest BCUT2D eigenvalue weighted by molar-refractivity contribution is -0.118. The minimum Gasteiger partial charge on any atom is -0.422 e. The molecule has 2 aromatic carbocycles. The molecule has 1 spiro atoms. The van der Waals surface area contributed by atoms with E-state index < -0.39 is 17.1 Å². The van der Waals surface area contributed by atoms with Crippen molar-refractivity contribution in [3.05, 3.63) is 82.6 Å². The van der Waals surface area contributed by atoms with Crippen LogP contribution in [0.4, 0.5) is 10.1 Å². The molecule has 0 unspecified atom stereocenters. The number of fused-ring (bicyclic) bond motifs is 4. The molecule has 8 heteroatoms. The molecular weight excluding hydrogens is 373 g/mol. The van der Waals surface area contributed by atoms with Crippen molar-refractivity contribution < 1.29 is 13.9 Å². The minimum absolute atomic E-state index is 0.0949. The van der Waals surface area contributed by atoms with Gasteiger partial charge in [-0.1, -0.05) is 18.2 Å². The van der Waals surface area contributed by atoms with E-state index in [-0.39, 0.29) is 17.3 Å². The molecule has 2 aliphatic heterocycles. The number of nitrogens with zero attached hydrogens (tertiary/aromatic N) is 3. The Balaban J connectivity index is 1.91. The van der Waals surface area contributed by atoms with E-state index in [4.69, 9.17) is 10.5 Å². The number of carbonyl (C=O) groups is 1. The Morgan fingerprint density at radius 2 is 2.03 bits per heavy atom. The number of halogens is 1. The number of nitriles is 1. The van der Waals surface area contributed by atoms with Crippen molar-refractivity contribution in [3.8, 4) is 17.6 Å². The van der Waals surface area contributed by atoms with Gasteiger partial charge in [-0.3, -0.25) is 4.79 Å². The topological polar surface area (TPSA) is 106 Å². The molecule has 3 aromatic rings. The lowest BCUT2D eigenvalue weighted by Gasteiger charge is -2.32. The molecule has 0 saturated heterocycles. The summed E-state index contributed by atoms with van der Waals surface area (Å²) < 4.78 is 21.5. The van der Waals surface area contributed by atoms with Crippen molar-refractivity contribution >= 4 is 11.6 Å². The molecule has 2 aliphatic rings. The number of nitrogens with two attached hydrogens (primary N) is 1. The van der Waals surface area contributed by atoms with Gasteiger partial charge >= 0.3 is 0 Å². The molecule has 3 N–H and O–H groups in total. The standard InChI is InChI=1S/C21H14FN5O2/c1-11-17-19(27(26-11)13-5-3-2-4-6-13)29-18(24)15(10-23)21(17)14-9-12(22)7-8-16(14)25-20(21)28/h2-9H,24H2,1H3,(H,25,28)/t21-/m0/s1. The van der Waals surface area contributed by atoms with Crippen molar-refractivity contribution in [1.29, 1.82) is 5.26 Å². The van der Waals surface area contributed by atoms with Gasteiger partial charge in [-0.25, -0.2) is 9.07 Å². The Hall–Kier alpha value is -4.12. The fourth-order valence-electron chi connectivity index (χ4n) is 4.15. The zero-order chi connectivity index (χ0) is 20.3. The number of amides is 1. The number of carbonyl (C=O) groups excluding carboxylic acids is 1. The number of benzene rings is 2. The summed E-state index contributed by atoms with van der Waals surface area (Å²) in [6.45, 7) is 1.71. The van der Waals surface area contributed by atoms with E-state index >= 15 is 0 Å². The molecule has 1 atom stereocenters. The maximum absolute atomic E-state index is 14.2. The number of para-hydroxylation sites is 1. The van der Waals surface area contributed by atoms with Gasteiger partial charge in [0.05, 0.1) is 16.9 Å². The fourth-order valence-corrected chi connectivity index (χ4v) is 4.15. The highest BCUT2D eigenvalue weighted by molar-refractivity contribution is 6.12. The Morgan fingerprint density at radius 1 is 1.28 bits per heavy atom. The van der Waals surface area contributed by atoms with Gasteiger partial charge in [0.2, 0.25) is 17.7 Å². The first-order valence-corrected chi connectivity index (χ1v) is 8.83. The molecule has 0 fully saturated rings. The van der Waals surface area contributed by atoms with E-state index in [9.17, 15) is 14.4 Å². The summed E-state index contributed by atoms with van der Waals surface area (Å²) in [5.41, 5.74) is 6.61. The SMILES string of the molecule is Cc1nn(-c2ccccc2)c2c1[C@@]1(C(=O)Nc3ccc(F)cc31)C(C#N)=C(N)O2. The second-order valence-electron chi connectivity index (χ2n) is 6.86. The fraction of sp³-hybridized carbons (Fsp3) is 0.0952. The van der Waals surface area contributed by atoms with Crippen molar-refractivity contribution in [2.24, 2.45) is 5.73 Å². The number of hydrogen-bond acceptors (Lipinski definition) is 5. The van der Waals surface area contributed by atoms with Crippen LogP contribution in [0.2, 0.25) is 0 Å². The van der Waals surface area contributed by atoms with Crippen LogP contribution in [0, 0.1) is 24.1 Å².